The van der Waals surface area contributed by atoms with Crippen LogP contribution in [0.4, 0.5) is 0 Å². The lowest BCUT2D eigenvalue weighted by Crippen LogP contribution is -2.67. The summed E-state index contributed by atoms with van der Waals surface area (Å²) in [4.78, 5) is 11.2. The van der Waals surface area contributed by atoms with E-state index in [9.17, 15) is 9.90 Å². The zero-order valence-corrected chi connectivity index (χ0v) is 18.4. The van der Waals surface area contributed by atoms with Crippen molar-refractivity contribution in [2.45, 2.75) is 51.7 Å². The van der Waals surface area contributed by atoms with Crippen molar-refractivity contribution in [2.24, 2.45) is 0 Å². The topological polar surface area (TPSA) is 55.8 Å². The molecule has 0 aromatic heterocycles. The zero-order chi connectivity index (χ0) is 20.6. The second-order valence-electron chi connectivity index (χ2n) is 8.04. The molecule has 152 valence electrons. The van der Waals surface area contributed by atoms with Gasteiger partial charge in [-0.15, -0.1) is 0 Å². The molecule has 2 rings (SSSR count). The molecule has 0 saturated heterocycles. The fourth-order valence-corrected chi connectivity index (χ4v) is 8.43. The minimum Gasteiger partial charge on any atom is -0.466 e. The number of carbonyl (C=O) groups is 1. The van der Waals surface area contributed by atoms with Crippen LogP contribution >= 0.6 is 0 Å². The first-order chi connectivity index (χ1) is 13.3. The second-order valence-corrected chi connectivity index (χ2v) is 12.3. The minimum atomic E-state index is -2.68. The van der Waals surface area contributed by atoms with Crippen molar-refractivity contribution in [3.8, 4) is 0 Å². The third-order valence-electron chi connectivity index (χ3n) is 4.96. The number of benzene rings is 2. The van der Waals surface area contributed by atoms with E-state index in [1.165, 1.54) is 17.3 Å². The second kappa shape index (κ2) is 10.0. The van der Waals surface area contributed by atoms with E-state index in [1.54, 1.807) is 0 Å². The Morgan fingerprint density at radius 1 is 0.964 bits per heavy atom. The summed E-state index contributed by atoms with van der Waals surface area (Å²) in [5.41, 5.74) is 0. The van der Waals surface area contributed by atoms with E-state index in [4.69, 9.17) is 9.16 Å². The fourth-order valence-electron chi connectivity index (χ4n) is 3.68. The quantitative estimate of drug-likeness (QED) is 0.518. The Hall–Kier alpha value is -1.95. The van der Waals surface area contributed by atoms with E-state index in [0.29, 0.717) is 12.8 Å². The average Bonchev–Trinajstić information content (AvgIpc) is 2.66. The first-order valence-corrected chi connectivity index (χ1v) is 11.7. The Morgan fingerprint density at radius 2 is 1.46 bits per heavy atom. The van der Waals surface area contributed by atoms with E-state index in [2.05, 4.69) is 69.3 Å². The van der Waals surface area contributed by atoms with Gasteiger partial charge >= 0.3 is 5.97 Å². The highest BCUT2D eigenvalue weighted by Gasteiger charge is 2.51. The van der Waals surface area contributed by atoms with Crippen LogP contribution in [0.5, 0.6) is 0 Å². The molecule has 28 heavy (non-hydrogen) atoms. The first-order valence-electron chi connectivity index (χ1n) is 9.84. The van der Waals surface area contributed by atoms with Gasteiger partial charge < -0.3 is 14.3 Å². The number of carbonyl (C=O) groups excluding carboxylic acids is 1. The van der Waals surface area contributed by atoms with Crippen molar-refractivity contribution in [2.75, 3.05) is 13.2 Å². The maximum Gasteiger partial charge on any atom is 0.302 e. The normalized spacial score (nSPS) is 13.2. The molecule has 1 unspecified atom stereocenters. The van der Waals surface area contributed by atoms with Crippen molar-refractivity contribution < 1.29 is 19.1 Å². The molecule has 0 aliphatic rings. The Morgan fingerprint density at radius 3 is 1.86 bits per heavy atom. The molecule has 0 heterocycles. The summed E-state index contributed by atoms with van der Waals surface area (Å²) in [7, 11) is -2.68. The predicted molar refractivity (Wildman–Crippen MR) is 115 cm³/mol. The van der Waals surface area contributed by atoms with E-state index in [-0.39, 0.29) is 30.3 Å². The average molecular weight is 401 g/mol. The molecule has 0 spiro atoms. The number of rotatable bonds is 9. The molecular formula is C23H32O4Si. The highest BCUT2D eigenvalue weighted by molar-refractivity contribution is 6.99. The number of hydrogen-bond donors (Lipinski definition) is 1. The van der Waals surface area contributed by atoms with E-state index in [1.807, 2.05) is 12.1 Å². The van der Waals surface area contributed by atoms with Gasteiger partial charge in [0.15, 0.2) is 0 Å². The summed E-state index contributed by atoms with van der Waals surface area (Å²) < 4.78 is 12.1. The van der Waals surface area contributed by atoms with E-state index in [0.717, 1.165) is 0 Å². The first kappa shape index (κ1) is 22.3. The lowest BCUT2D eigenvalue weighted by atomic mass is 10.2. The monoisotopic (exact) mass is 400 g/mol. The van der Waals surface area contributed by atoms with Crippen molar-refractivity contribution >= 4 is 24.7 Å². The van der Waals surface area contributed by atoms with Gasteiger partial charge in [0.1, 0.15) is 0 Å². The van der Waals surface area contributed by atoms with Crippen LogP contribution in [0.15, 0.2) is 60.7 Å². The van der Waals surface area contributed by atoms with Crippen LogP contribution in [-0.4, -0.2) is 38.7 Å². The van der Waals surface area contributed by atoms with E-state index < -0.39 is 8.32 Å². The lowest BCUT2D eigenvalue weighted by Gasteiger charge is -2.45. The highest BCUT2D eigenvalue weighted by atomic mass is 28.4. The van der Waals surface area contributed by atoms with Gasteiger partial charge in [-0.05, 0) is 21.8 Å². The maximum atomic E-state index is 11.2. The van der Waals surface area contributed by atoms with Crippen molar-refractivity contribution in [1.29, 1.82) is 0 Å². The summed E-state index contributed by atoms with van der Waals surface area (Å²) in [6, 6.07) is 20.8. The summed E-state index contributed by atoms with van der Waals surface area (Å²) in [5, 5.41) is 11.9. The van der Waals surface area contributed by atoms with Crippen molar-refractivity contribution in [3.05, 3.63) is 60.7 Å². The Kier molecular flexibility index (Phi) is 7.98. The largest absolute Gasteiger partial charge is 0.466 e. The molecule has 0 aliphatic carbocycles. The molecule has 0 radical (unpaired) electrons. The van der Waals surface area contributed by atoms with Gasteiger partial charge in [0.2, 0.25) is 0 Å². The van der Waals surface area contributed by atoms with Gasteiger partial charge in [-0.1, -0.05) is 81.4 Å². The van der Waals surface area contributed by atoms with Crippen LogP contribution in [0.3, 0.4) is 0 Å². The number of hydrogen-bond acceptors (Lipinski definition) is 4. The Bertz CT molecular complexity index is 686. The molecule has 4 nitrogen and oxygen atoms in total. The molecule has 0 aliphatic heterocycles. The van der Waals surface area contributed by atoms with Crippen LogP contribution in [0.1, 0.15) is 40.5 Å². The summed E-state index contributed by atoms with van der Waals surface area (Å²) in [6.45, 7) is 8.40. The van der Waals surface area contributed by atoms with Crippen LogP contribution in [0.25, 0.3) is 0 Å². The number of esters is 1. The van der Waals surface area contributed by atoms with Crippen molar-refractivity contribution in [3.63, 3.8) is 0 Å². The SMILES string of the molecule is CC(=O)OCCC(CCO)O[Si](c1ccccc1)(c1ccccc1)C(C)(C)C. The zero-order valence-electron chi connectivity index (χ0n) is 17.4. The lowest BCUT2D eigenvalue weighted by molar-refractivity contribution is -0.141. The van der Waals surface area contributed by atoms with Gasteiger partial charge in [-0.3, -0.25) is 4.79 Å². The van der Waals surface area contributed by atoms with Crippen LogP contribution in [-0.2, 0) is 14.0 Å². The van der Waals surface area contributed by atoms with Gasteiger partial charge in [-0.2, -0.15) is 0 Å². The summed E-state index contributed by atoms with van der Waals surface area (Å²) >= 11 is 0. The molecule has 2 aromatic carbocycles. The van der Waals surface area contributed by atoms with E-state index >= 15 is 0 Å². The number of aliphatic hydroxyl groups excluding tert-OH is 1. The molecule has 2 aromatic rings. The van der Waals surface area contributed by atoms with Gasteiger partial charge in [0.05, 0.1) is 12.7 Å². The molecule has 1 atom stereocenters. The molecule has 5 heteroatoms. The summed E-state index contributed by atoms with van der Waals surface area (Å²) in [6.07, 6.45) is 0.867. The predicted octanol–water partition coefficient (Wildman–Crippen LogP) is 3.27. The Balaban J connectivity index is 2.51. The van der Waals surface area contributed by atoms with Crippen LogP contribution in [0.2, 0.25) is 5.04 Å². The number of ether oxygens (including phenoxy) is 1. The minimum absolute atomic E-state index is 0.0307. The van der Waals surface area contributed by atoms with Crippen molar-refractivity contribution in [1.82, 2.24) is 0 Å². The van der Waals surface area contributed by atoms with Gasteiger partial charge in [0.25, 0.3) is 8.32 Å². The third kappa shape index (κ3) is 5.31. The molecule has 0 fully saturated rings. The van der Waals surface area contributed by atoms with Crippen LogP contribution in [0, 0.1) is 0 Å². The number of aliphatic hydroxyl groups is 1. The molecule has 0 bridgehead atoms. The molecular weight excluding hydrogens is 368 g/mol. The molecule has 0 amide bonds. The third-order valence-corrected chi connectivity index (χ3v) is 10.0. The highest BCUT2D eigenvalue weighted by Crippen LogP contribution is 2.38. The van der Waals surface area contributed by atoms with Crippen LogP contribution < -0.4 is 10.4 Å². The maximum absolute atomic E-state index is 11.2. The molecule has 0 saturated carbocycles. The summed E-state index contributed by atoms with van der Waals surface area (Å²) in [5.74, 6) is -0.298. The molecule has 1 N–H and O–H groups in total. The Labute approximate surface area is 169 Å². The fraction of sp³-hybridized carbons (Fsp3) is 0.435. The van der Waals surface area contributed by atoms with Gasteiger partial charge in [0, 0.05) is 20.0 Å². The smallest absolute Gasteiger partial charge is 0.302 e. The van der Waals surface area contributed by atoms with Gasteiger partial charge in [-0.25, -0.2) is 0 Å². The standard InChI is InChI=1S/C23H32O4Si/c1-19(25)26-18-16-20(15-17-24)27-28(23(2,3)4,21-11-7-5-8-12-21)22-13-9-6-10-14-22/h5-14,20,24H,15-18H2,1-4H3.